The van der Waals surface area contributed by atoms with E-state index in [9.17, 15) is 9.59 Å². The van der Waals surface area contributed by atoms with Gasteiger partial charge in [0.25, 0.3) is 11.5 Å². The van der Waals surface area contributed by atoms with Gasteiger partial charge in [-0.25, -0.2) is 4.68 Å². The van der Waals surface area contributed by atoms with Gasteiger partial charge in [-0.1, -0.05) is 19.1 Å². The van der Waals surface area contributed by atoms with Crippen molar-refractivity contribution >= 4 is 11.6 Å². The molecule has 1 aromatic carbocycles. The van der Waals surface area contributed by atoms with Gasteiger partial charge in [0.2, 0.25) is 0 Å². The highest BCUT2D eigenvalue weighted by molar-refractivity contribution is 5.92. The molecule has 1 aliphatic rings. The van der Waals surface area contributed by atoms with E-state index in [2.05, 4.69) is 5.10 Å². The molecular formula is C22H30N4O3. The van der Waals surface area contributed by atoms with Crippen LogP contribution < -0.4 is 10.5 Å². The van der Waals surface area contributed by atoms with Crippen molar-refractivity contribution in [3.8, 4) is 0 Å². The normalized spacial score (nSPS) is 16.0. The number of hydrogen-bond donors (Lipinski definition) is 0. The maximum absolute atomic E-state index is 13.3. The van der Waals surface area contributed by atoms with Crippen LogP contribution in [0, 0.1) is 0 Å². The Bertz CT molecular complexity index is 870. The highest BCUT2D eigenvalue weighted by atomic mass is 16.5. The summed E-state index contributed by atoms with van der Waals surface area (Å²) in [5.41, 5.74) is 2.26. The molecule has 0 spiro atoms. The van der Waals surface area contributed by atoms with Crippen molar-refractivity contribution in [1.82, 2.24) is 14.7 Å². The molecular weight excluding hydrogens is 368 g/mol. The van der Waals surface area contributed by atoms with Crippen LogP contribution in [0.15, 0.2) is 41.2 Å². The second-order valence-electron chi connectivity index (χ2n) is 7.66. The van der Waals surface area contributed by atoms with Gasteiger partial charge in [0.05, 0.1) is 6.10 Å². The molecule has 1 amide bonds. The number of carbonyl (C=O) groups is 1. The molecule has 0 bridgehead atoms. The molecule has 0 N–H and O–H groups in total. The Hall–Kier alpha value is -2.67. The Morgan fingerprint density at radius 1 is 1.21 bits per heavy atom. The molecule has 0 saturated carbocycles. The minimum atomic E-state index is -0.187. The number of ether oxygens (including phenoxy) is 1. The van der Waals surface area contributed by atoms with Gasteiger partial charge in [0.15, 0.2) is 0 Å². The first kappa shape index (κ1) is 21.0. The van der Waals surface area contributed by atoms with Gasteiger partial charge in [-0.05, 0) is 43.0 Å². The standard InChI is InChI=1S/C22H30N4O3/c1-4-13-26-21(27)12-11-20(23-26)22(28)25(16-19-6-5-14-29-19)15-17-7-9-18(10-8-17)24(2)3/h7-12,19H,4-6,13-16H2,1-3H3. The zero-order valence-corrected chi connectivity index (χ0v) is 17.5. The maximum Gasteiger partial charge on any atom is 0.274 e. The van der Waals surface area contributed by atoms with Crippen molar-refractivity contribution < 1.29 is 9.53 Å². The zero-order chi connectivity index (χ0) is 20.8. The van der Waals surface area contributed by atoms with Crippen LogP contribution in [-0.2, 0) is 17.8 Å². The lowest BCUT2D eigenvalue weighted by Crippen LogP contribution is -2.38. The van der Waals surface area contributed by atoms with Gasteiger partial charge < -0.3 is 14.5 Å². The first-order valence-corrected chi connectivity index (χ1v) is 10.2. The van der Waals surface area contributed by atoms with Crippen LogP contribution in [0.4, 0.5) is 5.69 Å². The number of aromatic nitrogens is 2. The molecule has 1 unspecified atom stereocenters. The number of carbonyl (C=O) groups excluding carboxylic acids is 1. The Kier molecular flexibility index (Phi) is 7.04. The molecule has 3 rings (SSSR count). The molecule has 1 saturated heterocycles. The van der Waals surface area contributed by atoms with E-state index < -0.39 is 0 Å². The van der Waals surface area contributed by atoms with Crippen molar-refractivity contribution in [1.29, 1.82) is 0 Å². The third-order valence-corrected chi connectivity index (χ3v) is 5.08. The van der Waals surface area contributed by atoms with Gasteiger partial charge in [-0.15, -0.1) is 0 Å². The SMILES string of the molecule is CCCn1nc(C(=O)N(Cc2ccc(N(C)C)cc2)CC2CCCO2)ccc1=O. The van der Waals surface area contributed by atoms with Crippen LogP contribution in [-0.4, -0.2) is 53.9 Å². The van der Waals surface area contributed by atoms with Crippen molar-refractivity contribution in [3.63, 3.8) is 0 Å². The summed E-state index contributed by atoms with van der Waals surface area (Å²) in [6.45, 7) is 4.20. The minimum Gasteiger partial charge on any atom is -0.378 e. The summed E-state index contributed by atoms with van der Waals surface area (Å²) in [5, 5.41) is 4.30. The number of anilines is 1. The van der Waals surface area contributed by atoms with E-state index in [0.717, 1.165) is 37.1 Å². The maximum atomic E-state index is 13.3. The van der Waals surface area contributed by atoms with E-state index in [-0.39, 0.29) is 17.6 Å². The Morgan fingerprint density at radius 3 is 2.59 bits per heavy atom. The van der Waals surface area contributed by atoms with Crippen LogP contribution in [0.5, 0.6) is 0 Å². The van der Waals surface area contributed by atoms with Crippen LogP contribution in [0.2, 0.25) is 0 Å². The predicted molar refractivity (Wildman–Crippen MR) is 113 cm³/mol. The molecule has 1 fully saturated rings. The van der Waals surface area contributed by atoms with Gasteiger partial charge in [0.1, 0.15) is 5.69 Å². The van der Waals surface area contributed by atoms with E-state index in [1.165, 1.54) is 16.8 Å². The van der Waals surface area contributed by atoms with E-state index >= 15 is 0 Å². The zero-order valence-electron chi connectivity index (χ0n) is 17.5. The van der Waals surface area contributed by atoms with E-state index in [1.54, 1.807) is 4.90 Å². The molecule has 0 aliphatic carbocycles. The fourth-order valence-corrected chi connectivity index (χ4v) is 3.47. The second-order valence-corrected chi connectivity index (χ2v) is 7.66. The molecule has 1 aliphatic heterocycles. The van der Waals surface area contributed by atoms with Gasteiger partial charge in [0, 0.05) is 52.1 Å². The highest BCUT2D eigenvalue weighted by Crippen LogP contribution is 2.18. The summed E-state index contributed by atoms with van der Waals surface area (Å²) in [6, 6.07) is 11.1. The van der Waals surface area contributed by atoms with Crippen LogP contribution >= 0.6 is 0 Å². The monoisotopic (exact) mass is 398 g/mol. The highest BCUT2D eigenvalue weighted by Gasteiger charge is 2.25. The average molecular weight is 399 g/mol. The summed E-state index contributed by atoms with van der Waals surface area (Å²) >= 11 is 0. The average Bonchev–Trinajstić information content (AvgIpc) is 3.22. The molecule has 156 valence electrons. The number of amides is 1. The van der Waals surface area contributed by atoms with E-state index in [0.29, 0.717) is 25.3 Å². The fraction of sp³-hybridized carbons (Fsp3) is 0.500. The van der Waals surface area contributed by atoms with Gasteiger partial charge in [-0.2, -0.15) is 5.10 Å². The number of benzene rings is 1. The largest absolute Gasteiger partial charge is 0.378 e. The third-order valence-electron chi connectivity index (χ3n) is 5.08. The van der Waals surface area contributed by atoms with Crippen LogP contribution in [0.1, 0.15) is 42.2 Å². The fourth-order valence-electron chi connectivity index (χ4n) is 3.47. The van der Waals surface area contributed by atoms with Crippen LogP contribution in [0.25, 0.3) is 0 Å². The van der Waals surface area contributed by atoms with Crippen molar-refractivity contribution in [2.24, 2.45) is 0 Å². The second kappa shape index (κ2) is 9.69. The number of aryl methyl sites for hydroxylation is 1. The Morgan fingerprint density at radius 2 is 1.97 bits per heavy atom. The first-order valence-electron chi connectivity index (χ1n) is 10.2. The molecule has 2 heterocycles. The van der Waals surface area contributed by atoms with Crippen molar-refractivity contribution in [2.45, 2.75) is 45.4 Å². The molecule has 29 heavy (non-hydrogen) atoms. The summed E-state index contributed by atoms with van der Waals surface area (Å²) in [7, 11) is 4.00. The lowest BCUT2D eigenvalue weighted by atomic mass is 10.1. The lowest BCUT2D eigenvalue weighted by molar-refractivity contribution is 0.0500. The van der Waals surface area contributed by atoms with Crippen LogP contribution in [0.3, 0.4) is 0 Å². The summed E-state index contributed by atoms with van der Waals surface area (Å²) in [5.74, 6) is -0.179. The topological polar surface area (TPSA) is 67.7 Å². The summed E-state index contributed by atoms with van der Waals surface area (Å²) in [6.07, 6.45) is 2.79. The molecule has 2 aromatic rings. The summed E-state index contributed by atoms with van der Waals surface area (Å²) in [4.78, 5) is 29.0. The lowest BCUT2D eigenvalue weighted by Gasteiger charge is -2.26. The quantitative estimate of drug-likeness (QED) is 0.684. The smallest absolute Gasteiger partial charge is 0.274 e. The van der Waals surface area contributed by atoms with E-state index in [1.807, 2.05) is 50.2 Å². The number of nitrogens with zero attached hydrogens (tertiary/aromatic N) is 4. The Balaban J connectivity index is 1.83. The Labute approximate surface area is 171 Å². The van der Waals surface area contributed by atoms with Crippen molar-refractivity contribution in [3.05, 3.63) is 58.0 Å². The molecule has 0 radical (unpaired) electrons. The number of hydrogen-bond acceptors (Lipinski definition) is 5. The van der Waals surface area contributed by atoms with Gasteiger partial charge in [-0.3, -0.25) is 9.59 Å². The number of rotatable bonds is 8. The molecule has 7 heteroatoms. The first-order chi connectivity index (χ1) is 14.0. The minimum absolute atomic E-state index is 0.0431. The summed E-state index contributed by atoms with van der Waals surface area (Å²) < 4.78 is 7.13. The molecule has 7 nitrogen and oxygen atoms in total. The third kappa shape index (κ3) is 5.44. The van der Waals surface area contributed by atoms with E-state index in [4.69, 9.17) is 4.74 Å². The predicted octanol–water partition coefficient (Wildman–Crippen LogP) is 2.54. The molecule has 1 aromatic heterocycles. The van der Waals surface area contributed by atoms with Gasteiger partial charge >= 0.3 is 0 Å². The molecule has 1 atom stereocenters. The van der Waals surface area contributed by atoms with Crippen molar-refractivity contribution in [2.75, 3.05) is 32.1 Å².